The lowest BCUT2D eigenvalue weighted by Gasteiger charge is -2.21. The smallest absolute Gasteiger partial charge is 0.278 e. The third kappa shape index (κ3) is 3.67. The molecular formula is C14H19ClFN2O+. The molecule has 1 fully saturated rings. The summed E-state index contributed by atoms with van der Waals surface area (Å²) in [5.41, 5.74) is 0.465. The highest BCUT2D eigenvalue weighted by Crippen LogP contribution is 2.19. The number of amides is 1. The summed E-state index contributed by atoms with van der Waals surface area (Å²) in [7, 11) is 1.87. The lowest BCUT2D eigenvalue weighted by Crippen LogP contribution is -3.12. The summed E-state index contributed by atoms with van der Waals surface area (Å²) >= 11 is 6.00. The molecule has 0 saturated heterocycles. The van der Waals surface area contributed by atoms with Gasteiger partial charge in [0.1, 0.15) is 12.4 Å². The summed E-state index contributed by atoms with van der Waals surface area (Å²) in [5.74, 6) is -0.297. The Hall–Kier alpha value is -1.13. The Labute approximate surface area is 117 Å². The predicted octanol–water partition coefficient (Wildman–Crippen LogP) is 1.16. The number of carbonyl (C=O) groups excluding carboxylic acids is 1. The number of halogens is 2. The summed E-state index contributed by atoms with van der Waals surface area (Å²) in [5, 5.41) is 3.37. The van der Waals surface area contributed by atoms with Gasteiger partial charge in [0.25, 0.3) is 5.91 Å². The fourth-order valence-electron chi connectivity index (χ4n) is 1.91. The van der Waals surface area contributed by atoms with Crippen molar-refractivity contribution in [2.45, 2.75) is 38.4 Å². The molecule has 3 nitrogen and oxygen atoms in total. The molecule has 1 aromatic rings. The molecule has 0 radical (unpaired) electrons. The van der Waals surface area contributed by atoms with E-state index in [4.69, 9.17) is 11.6 Å². The number of hydrogen-bond donors (Lipinski definition) is 2. The molecule has 0 heterocycles. The van der Waals surface area contributed by atoms with Gasteiger partial charge in [0, 0.05) is 6.04 Å². The van der Waals surface area contributed by atoms with Crippen LogP contribution >= 0.6 is 11.6 Å². The fourth-order valence-corrected chi connectivity index (χ4v) is 2.14. The van der Waals surface area contributed by atoms with Gasteiger partial charge in [0.2, 0.25) is 0 Å². The summed E-state index contributed by atoms with van der Waals surface area (Å²) in [6.45, 7) is 2.24. The van der Waals surface area contributed by atoms with Crippen LogP contribution in [0.15, 0.2) is 18.2 Å². The molecule has 2 atom stereocenters. The van der Waals surface area contributed by atoms with Crippen molar-refractivity contribution < 1.29 is 14.1 Å². The molecule has 0 aromatic heterocycles. The molecule has 19 heavy (non-hydrogen) atoms. The Morgan fingerprint density at radius 3 is 2.84 bits per heavy atom. The minimum Gasteiger partial charge on any atom is -0.348 e. The fraction of sp³-hybridized carbons (Fsp3) is 0.500. The van der Waals surface area contributed by atoms with Crippen molar-refractivity contribution >= 4 is 17.5 Å². The molecule has 1 saturated carbocycles. The Balaban J connectivity index is 1.99. The van der Waals surface area contributed by atoms with E-state index in [1.807, 2.05) is 14.0 Å². The molecule has 2 N–H and O–H groups in total. The molecule has 1 unspecified atom stereocenters. The lowest BCUT2D eigenvalue weighted by molar-refractivity contribution is -0.908. The maximum atomic E-state index is 13.7. The van der Waals surface area contributed by atoms with Crippen LogP contribution in [0.3, 0.4) is 0 Å². The van der Waals surface area contributed by atoms with Crippen molar-refractivity contribution in [2.24, 2.45) is 0 Å². The van der Waals surface area contributed by atoms with E-state index in [1.165, 1.54) is 6.07 Å². The molecule has 0 aliphatic heterocycles. The molecule has 1 aromatic carbocycles. The summed E-state index contributed by atoms with van der Waals surface area (Å²) < 4.78 is 13.7. The number of likely N-dealkylation sites (N-methyl/N-ethyl adjacent to an activating group) is 1. The van der Waals surface area contributed by atoms with Crippen LogP contribution in [0, 0.1) is 5.82 Å². The number of hydrogen-bond acceptors (Lipinski definition) is 1. The van der Waals surface area contributed by atoms with Crippen molar-refractivity contribution in [3.8, 4) is 0 Å². The molecule has 0 spiro atoms. The summed E-state index contributed by atoms with van der Waals surface area (Å²) in [6, 6.07) is 4.77. The maximum Gasteiger partial charge on any atom is 0.278 e. The second-order valence-electron chi connectivity index (χ2n) is 5.23. The van der Waals surface area contributed by atoms with Gasteiger partial charge in [-0.25, -0.2) is 4.39 Å². The largest absolute Gasteiger partial charge is 0.348 e. The van der Waals surface area contributed by atoms with Gasteiger partial charge in [-0.2, -0.15) is 0 Å². The Morgan fingerprint density at radius 1 is 1.58 bits per heavy atom. The summed E-state index contributed by atoms with van der Waals surface area (Å²) in [6.07, 6.45) is 2.13. The first kappa shape index (κ1) is 14.3. The predicted molar refractivity (Wildman–Crippen MR) is 72.6 cm³/mol. The zero-order valence-electron chi connectivity index (χ0n) is 11.2. The third-order valence-electron chi connectivity index (χ3n) is 3.57. The minimum atomic E-state index is -0.318. The normalized spacial score (nSPS) is 17.9. The first-order chi connectivity index (χ1) is 8.99. The maximum absolute atomic E-state index is 13.7. The average molecular weight is 286 g/mol. The Kier molecular flexibility index (Phi) is 4.42. The van der Waals surface area contributed by atoms with Crippen LogP contribution in [-0.4, -0.2) is 25.0 Å². The topological polar surface area (TPSA) is 33.5 Å². The second kappa shape index (κ2) is 5.88. The van der Waals surface area contributed by atoms with E-state index in [0.717, 1.165) is 17.7 Å². The highest BCUT2D eigenvalue weighted by molar-refractivity contribution is 6.31. The molecule has 0 bridgehead atoms. The molecule has 2 rings (SSSR count). The molecule has 1 aliphatic rings. The number of quaternary nitrogens is 1. The number of nitrogens with one attached hydrogen (secondary N) is 2. The molecule has 5 heteroatoms. The molecule has 104 valence electrons. The van der Waals surface area contributed by atoms with Crippen LogP contribution < -0.4 is 10.2 Å². The molecular weight excluding hydrogens is 267 g/mol. The van der Waals surface area contributed by atoms with Gasteiger partial charge < -0.3 is 10.2 Å². The van der Waals surface area contributed by atoms with Crippen LogP contribution in [0.2, 0.25) is 5.02 Å². The van der Waals surface area contributed by atoms with Gasteiger partial charge >= 0.3 is 0 Å². The van der Waals surface area contributed by atoms with Crippen molar-refractivity contribution in [2.75, 3.05) is 7.05 Å². The van der Waals surface area contributed by atoms with E-state index in [2.05, 4.69) is 5.32 Å². The van der Waals surface area contributed by atoms with Gasteiger partial charge in [-0.05, 0) is 31.9 Å². The minimum absolute atomic E-state index is 0.0208. The number of rotatable bonds is 5. The number of benzene rings is 1. The van der Waals surface area contributed by atoms with Gasteiger partial charge in [0.15, 0.2) is 6.04 Å². The van der Waals surface area contributed by atoms with Crippen molar-refractivity contribution in [3.05, 3.63) is 34.6 Å². The SMILES string of the molecule is C[C@@H](C(=O)NC1CC1)[NH+](C)Cc1c(F)cccc1Cl. The number of carbonyl (C=O) groups is 1. The molecule has 1 amide bonds. The van der Waals surface area contributed by atoms with E-state index < -0.39 is 0 Å². The van der Waals surface area contributed by atoms with Crippen LogP contribution in [0.1, 0.15) is 25.3 Å². The second-order valence-corrected chi connectivity index (χ2v) is 5.64. The van der Waals surface area contributed by atoms with Crippen LogP contribution in [0.4, 0.5) is 4.39 Å². The first-order valence-corrected chi connectivity index (χ1v) is 6.92. The lowest BCUT2D eigenvalue weighted by atomic mass is 10.1. The van der Waals surface area contributed by atoms with E-state index in [1.54, 1.807) is 12.1 Å². The van der Waals surface area contributed by atoms with E-state index >= 15 is 0 Å². The van der Waals surface area contributed by atoms with E-state index in [9.17, 15) is 9.18 Å². The van der Waals surface area contributed by atoms with Crippen LogP contribution in [0.25, 0.3) is 0 Å². The third-order valence-corrected chi connectivity index (χ3v) is 3.93. The van der Waals surface area contributed by atoms with Gasteiger partial charge in [-0.15, -0.1) is 0 Å². The highest BCUT2D eigenvalue weighted by Gasteiger charge is 2.29. The molecule has 1 aliphatic carbocycles. The van der Waals surface area contributed by atoms with Gasteiger partial charge in [-0.3, -0.25) is 4.79 Å². The van der Waals surface area contributed by atoms with Gasteiger partial charge in [-0.1, -0.05) is 17.7 Å². The monoisotopic (exact) mass is 285 g/mol. The Morgan fingerprint density at radius 2 is 2.26 bits per heavy atom. The quantitative estimate of drug-likeness (QED) is 0.836. The highest BCUT2D eigenvalue weighted by atomic mass is 35.5. The Bertz CT molecular complexity index is 456. The average Bonchev–Trinajstić information content (AvgIpc) is 3.16. The van der Waals surface area contributed by atoms with Gasteiger partial charge in [0.05, 0.1) is 17.6 Å². The zero-order valence-corrected chi connectivity index (χ0v) is 11.9. The van der Waals surface area contributed by atoms with Crippen LogP contribution in [-0.2, 0) is 11.3 Å². The van der Waals surface area contributed by atoms with Crippen molar-refractivity contribution in [1.82, 2.24) is 5.32 Å². The first-order valence-electron chi connectivity index (χ1n) is 6.54. The summed E-state index contributed by atoms with van der Waals surface area (Å²) in [4.78, 5) is 12.9. The van der Waals surface area contributed by atoms with Crippen LogP contribution in [0.5, 0.6) is 0 Å². The van der Waals surface area contributed by atoms with E-state index in [0.29, 0.717) is 23.2 Å². The van der Waals surface area contributed by atoms with E-state index in [-0.39, 0.29) is 17.8 Å². The standard InChI is InChI=1S/C14H18ClFN2O/c1-9(14(19)17-10-6-7-10)18(2)8-11-12(15)4-3-5-13(11)16/h3-5,9-10H,6-8H2,1-2H3,(H,17,19)/p+1/t9-/m0/s1. The zero-order chi connectivity index (χ0) is 14.0. The van der Waals surface area contributed by atoms with Crippen molar-refractivity contribution in [1.29, 1.82) is 0 Å². The van der Waals surface area contributed by atoms with Crippen molar-refractivity contribution in [3.63, 3.8) is 0 Å².